The van der Waals surface area contributed by atoms with Crippen molar-refractivity contribution < 1.29 is 5.11 Å². The fourth-order valence-electron chi connectivity index (χ4n) is 4.73. The van der Waals surface area contributed by atoms with E-state index >= 15 is 0 Å². The Morgan fingerprint density at radius 1 is 0.939 bits per heavy atom. The van der Waals surface area contributed by atoms with Crippen molar-refractivity contribution in [3.8, 4) is 11.5 Å². The summed E-state index contributed by atoms with van der Waals surface area (Å²) in [5.41, 5.74) is 2.96. The van der Waals surface area contributed by atoms with Crippen LogP contribution >= 0.6 is 0 Å². The number of hydrogen-bond donors (Lipinski definition) is 1. The van der Waals surface area contributed by atoms with Gasteiger partial charge in [0.15, 0.2) is 5.82 Å². The summed E-state index contributed by atoms with van der Waals surface area (Å²) < 4.78 is 1.95. The number of benzene rings is 1. The molecule has 4 nitrogen and oxygen atoms in total. The van der Waals surface area contributed by atoms with E-state index in [1.807, 2.05) is 54.2 Å². The van der Waals surface area contributed by atoms with E-state index in [0.717, 1.165) is 22.7 Å². The highest BCUT2D eigenvalue weighted by Crippen LogP contribution is 2.53. The van der Waals surface area contributed by atoms with E-state index in [-0.39, 0.29) is 16.7 Å². The Bertz CT molecular complexity index is 1210. The van der Waals surface area contributed by atoms with Crippen LogP contribution < -0.4 is 0 Å². The molecule has 4 heteroatoms. The van der Waals surface area contributed by atoms with Crippen LogP contribution in [-0.2, 0) is 12.6 Å². The zero-order chi connectivity index (χ0) is 24.0. The molecule has 0 spiro atoms. The minimum atomic E-state index is -1.30. The number of pyridine rings is 1. The highest BCUT2D eigenvalue weighted by atomic mass is 16.3. The van der Waals surface area contributed by atoms with Crippen LogP contribution in [0.3, 0.4) is 0 Å². The van der Waals surface area contributed by atoms with E-state index in [4.69, 9.17) is 4.98 Å². The molecule has 0 bridgehead atoms. The van der Waals surface area contributed by atoms with Crippen LogP contribution in [0.1, 0.15) is 52.8 Å². The molecular formula is C29H35N3O. The highest BCUT2D eigenvalue weighted by molar-refractivity contribution is 5.78. The smallest absolute Gasteiger partial charge is 0.158 e. The lowest BCUT2D eigenvalue weighted by Gasteiger charge is -2.47. The fraction of sp³-hybridized carbons (Fsp3) is 0.379. The fourth-order valence-corrected chi connectivity index (χ4v) is 4.73. The molecule has 4 rings (SSSR count). The molecule has 172 valence electrons. The standard InChI is InChI=1S/C29H35N3O/c1-27(2,3)21-18-22(20-12-9-8-10-13-20)29(33,24(19-21)28(4,5)6)25-15-11-14-23(31-25)26-30-16-17-32(26)7/h8-19,24,33H,1-7H3. The average molecular weight is 442 g/mol. The van der Waals surface area contributed by atoms with E-state index < -0.39 is 5.60 Å². The normalized spacial score (nSPS) is 21.5. The molecule has 0 radical (unpaired) electrons. The number of aryl methyl sites for hydroxylation is 1. The molecule has 3 aromatic rings. The van der Waals surface area contributed by atoms with Gasteiger partial charge in [-0.2, -0.15) is 0 Å². The second-order valence-electron chi connectivity index (χ2n) is 11.2. The molecule has 1 N–H and O–H groups in total. The summed E-state index contributed by atoms with van der Waals surface area (Å²) in [7, 11) is 1.96. The lowest BCUT2D eigenvalue weighted by molar-refractivity contribution is 0.000917. The number of hydrogen-bond acceptors (Lipinski definition) is 3. The van der Waals surface area contributed by atoms with Crippen LogP contribution in [0.5, 0.6) is 0 Å². The molecule has 0 saturated heterocycles. The number of imidazole rings is 1. The summed E-state index contributed by atoms with van der Waals surface area (Å²) in [4.78, 5) is 9.47. The number of aliphatic hydroxyl groups is 1. The number of aromatic nitrogens is 3. The maximum absolute atomic E-state index is 12.7. The van der Waals surface area contributed by atoms with Gasteiger partial charge in [-0.3, -0.25) is 0 Å². The maximum Gasteiger partial charge on any atom is 0.158 e. The van der Waals surface area contributed by atoms with Crippen LogP contribution in [0.4, 0.5) is 0 Å². The molecule has 1 aromatic carbocycles. The first-order valence-corrected chi connectivity index (χ1v) is 11.6. The van der Waals surface area contributed by atoms with Gasteiger partial charge in [0.2, 0.25) is 0 Å². The Balaban J connectivity index is 2.00. The molecule has 2 atom stereocenters. The molecule has 33 heavy (non-hydrogen) atoms. The lowest BCUT2D eigenvalue weighted by Crippen LogP contribution is -2.45. The first-order valence-electron chi connectivity index (χ1n) is 11.6. The Morgan fingerprint density at radius 3 is 2.21 bits per heavy atom. The summed E-state index contributed by atoms with van der Waals surface area (Å²) in [5.74, 6) is 0.600. The third-order valence-corrected chi connectivity index (χ3v) is 6.58. The van der Waals surface area contributed by atoms with Crippen LogP contribution in [0, 0.1) is 16.7 Å². The van der Waals surface area contributed by atoms with Gasteiger partial charge in [0.25, 0.3) is 0 Å². The summed E-state index contributed by atoms with van der Waals surface area (Å²) in [6.45, 7) is 13.2. The SMILES string of the molecule is Cn1ccnc1-c1cccc(C2(O)C(c3ccccc3)=CC(C(C)(C)C)=CC2C(C)(C)C)n1. The summed E-state index contributed by atoms with van der Waals surface area (Å²) in [6, 6.07) is 16.1. The summed E-state index contributed by atoms with van der Waals surface area (Å²) in [6.07, 6.45) is 8.11. The second-order valence-corrected chi connectivity index (χ2v) is 11.2. The molecule has 0 fully saturated rings. The zero-order valence-electron chi connectivity index (χ0n) is 20.8. The molecule has 1 aliphatic rings. The minimum absolute atomic E-state index is 0.0485. The quantitative estimate of drug-likeness (QED) is 0.511. The molecular weight excluding hydrogens is 406 g/mol. The highest BCUT2D eigenvalue weighted by Gasteiger charge is 2.50. The van der Waals surface area contributed by atoms with Crippen LogP contribution in [0.2, 0.25) is 0 Å². The van der Waals surface area contributed by atoms with Crippen molar-refractivity contribution in [2.45, 2.75) is 47.1 Å². The van der Waals surface area contributed by atoms with Crippen LogP contribution in [0.15, 0.2) is 78.6 Å². The number of allylic oxidation sites excluding steroid dienone is 2. The monoisotopic (exact) mass is 441 g/mol. The van der Waals surface area contributed by atoms with Crippen molar-refractivity contribution in [1.82, 2.24) is 14.5 Å². The van der Waals surface area contributed by atoms with E-state index in [0.29, 0.717) is 5.69 Å². The summed E-state index contributed by atoms with van der Waals surface area (Å²) in [5, 5.41) is 12.7. The van der Waals surface area contributed by atoms with E-state index in [9.17, 15) is 5.11 Å². The van der Waals surface area contributed by atoms with Crippen molar-refractivity contribution in [3.05, 3.63) is 89.9 Å². The predicted molar refractivity (Wildman–Crippen MR) is 135 cm³/mol. The Morgan fingerprint density at radius 2 is 1.64 bits per heavy atom. The number of rotatable bonds is 3. The first kappa shape index (κ1) is 23.2. The average Bonchev–Trinajstić information content (AvgIpc) is 3.19. The van der Waals surface area contributed by atoms with Gasteiger partial charge in [-0.05, 0) is 39.7 Å². The van der Waals surface area contributed by atoms with Crippen molar-refractivity contribution in [1.29, 1.82) is 0 Å². The van der Waals surface area contributed by atoms with Crippen molar-refractivity contribution in [2.75, 3.05) is 0 Å². The van der Waals surface area contributed by atoms with Crippen molar-refractivity contribution >= 4 is 5.57 Å². The van der Waals surface area contributed by atoms with E-state index in [1.165, 1.54) is 5.57 Å². The third-order valence-electron chi connectivity index (χ3n) is 6.58. The first-order chi connectivity index (χ1) is 15.4. The minimum Gasteiger partial charge on any atom is -0.378 e. The van der Waals surface area contributed by atoms with Gasteiger partial charge in [-0.1, -0.05) is 90.1 Å². The van der Waals surface area contributed by atoms with Crippen molar-refractivity contribution in [2.24, 2.45) is 23.8 Å². The van der Waals surface area contributed by atoms with Crippen molar-refractivity contribution in [3.63, 3.8) is 0 Å². The molecule has 2 aromatic heterocycles. The number of nitrogens with zero attached hydrogens (tertiary/aromatic N) is 3. The van der Waals surface area contributed by atoms with E-state index in [1.54, 1.807) is 6.20 Å². The molecule has 0 saturated carbocycles. The second kappa shape index (κ2) is 8.11. The molecule has 0 amide bonds. The Kier molecular flexibility index (Phi) is 5.69. The predicted octanol–water partition coefficient (Wildman–Crippen LogP) is 6.40. The molecule has 2 unspecified atom stereocenters. The summed E-state index contributed by atoms with van der Waals surface area (Å²) >= 11 is 0. The Labute approximate surface area is 197 Å². The molecule has 2 heterocycles. The largest absolute Gasteiger partial charge is 0.378 e. The zero-order valence-corrected chi connectivity index (χ0v) is 20.8. The van der Waals surface area contributed by atoms with Gasteiger partial charge >= 0.3 is 0 Å². The van der Waals surface area contributed by atoms with Crippen LogP contribution in [-0.4, -0.2) is 19.6 Å². The topological polar surface area (TPSA) is 50.9 Å². The van der Waals surface area contributed by atoms with Crippen LogP contribution in [0.25, 0.3) is 17.1 Å². The maximum atomic E-state index is 12.7. The third kappa shape index (κ3) is 4.20. The van der Waals surface area contributed by atoms with Gasteiger partial charge in [-0.15, -0.1) is 0 Å². The van der Waals surface area contributed by atoms with Gasteiger partial charge in [-0.25, -0.2) is 9.97 Å². The van der Waals surface area contributed by atoms with E-state index in [2.05, 4.69) is 70.8 Å². The van der Waals surface area contributed by atoms with Gasteiger partial charge in [0, 0.05) is 25.4 Å². The van der Waals surface area contributed by atoms with Gasteiger partial charge in [0.05, 0.1) is 5.69 Å². The van der Waals surface area contributed by atoms with Gasteiger partial charge < -0.3 is 9.67 Å². The molecule has 1 aliphatic carbocycles. The lowest BCUT2D eigenvalue weighted by atomic mass is 9.60. The van der Waals surface area contributed by atoms with Gasteiger partial charge in [0.1, 0.15) is 11.3 Å². The Hall–Kier alpha value is -2.98. The molecule has 0 aliphatic heterocycles.